The number of aryl methyl sites for hydroxylation is 2. The van der Waals surface area contributed by atoms with Crippen molar-refractivity contribution in [1.82, 2.24) is 10.5 Å². The minimum absolute atomic E-state index is 0.0285. The highest BCUT2D eigenvalue weighted by molar-refractivity contribution is 5.94. The summed E-state index contributed by atoms with van der Waals surface area (Å²) < 4.78 is 18.4. The first-order valence-corrected chi connectivity index (χ1v) is 5.53. The average Bonchev–Trinajstić information content (AvgIpc) is 2.72. The molecule has 2 aromatic rings. The summed E-state index contributed by atoms with van der Waals surface area (Å²) in [4.78, 5) is 11.7. The van der Waals surface area contributed by atoms with Crippen LogP contribution in [-0.2, 0) is 6.54 Å². The van der Waals surface area contributed by atoms with Crippen LogP contribution in [-0.4, -0.2) is 11.1 Å². The van der Waals surface area contributed by atoms with Crippen molar-refractivity contribution in [2.75, 3.05) is 0 Å². The van der Waals surface area contributed by atoms with Gasteiger partial charge in [0.1, 0.15) is 17.3 Å². The standard InChI is InChI=1S/C13H13FN2O2/c1-8-3-4-11(12(14)5-8)13(17)15-7-10-6-9(2)18-16-10/h3-6H,7H2,1-2H3,(H,15,17). The van der Waals surface area contributed by atoms with E-state index in [0.717, 1.165) is 5.56 Å². The fourth-order valence-corrected chi connectivity index (χ4v) is 1.57. The van der Waals surface area contributed by atoms with Crippen molar-refractivity contribution in [3.8, 4) is 0 Å². The quantitative estimate of drug-likeness (QED) is 0.907. The lowest BCUT2D eigenvalue weighted by molar-refractivity contribution is 0.0946. The minimum Gasteiger partial charge on any atom is -0.361 e. The highest BCUT2D eigenvalue weighted by Gasteiger charge is 2.11. The Bertz CT molecular complexity index is 578. The molecule has 0 spiro atoms. The van der Waals surface area contributed by atoms with Crippen LogP contribution in [0.5, 0.6) is 0 Å². The number of hydrogen-bond donors (Lipinski definition) is 1. The molecule has 0 radical (unpaired) electrons. The van der Waals surface area contributed by atoms with Crippen LogP contribution in [0.1, 0.15) is 27.4 Å². The molecule has 0 saturated heterocycles. The van der Waals surface area contributed by atoms with Crippen molar-refractivity contribution in [2.45, 2.75) is 20.4 Å². The van der Waals surface area contributed by atoms with E-state index in [1.165, 1.54) is 12.1 Å². The molecule has 0 aliphatic heterocycles. The zero-order valence-electron chi connectivity index (χ0n) is 10.2. The number of halogens is 1. The molecule has 1 aromatic heterocycles. The van der Waals surface area contributed by atoms with Crippen molar-refractivity contribution in [1.29, 1.82) is 0 Å². The summed E-state index contributed by atoms with van der Waals surface area (Å²) in [5.74, 6) is -0.322. The first kappa shape index (κ1) is 12.3. The summed E-state index contributed by atoms with van der Waals surface area (Å²) in [7, 11) is 0. The summed E-state index contributed by atoms with van der Waals surface area (Å²) in [5, 5.41) is 6.32. The molecule has 0 saturated carbocycles. The molecule has 1 N–H and O–H groups in total. The second-order valence-electron chi connectivity index (χ2n) is 4.09. The highest BCUT2D eigenvalue weighted by atomic mass is 19.1. The Balaban J connectivity index is 2.03. The van der Waals surface area contributed by atoms with Crippen molar-refractivity contribution in [3.05, 3.63) is 52.7 Å². The molecule has 2 rings (SSSR count). The van der Waals surface area contributed by atoms with E-state index in [1.54, 1.807) is 26.0 Å². The molecule has 94 valence electrons. The molecule has 0 aliphatic carbocycles. The second-order valence-corrected chi connectivity index (χ2v) is 4.09. The van der Waals surface area contributed by atoms with Gasteiger partial charge in [0.05, 0.1) is 12.1 Å². The van der Waals surface area contributed by atoms with E-state index in [0.29, 0.717) is 11.5 Å². The molecular weight excluding hydrogens is 235 g/mol. The van der Waals surface area contributed by atoms with Crippen LogP contribution >= 0.6 is 0 Å². The third kappa shape index (κ3) is 2.74. The normalized spacial score (nSPS) is 10.4. The molecule has 1 aromatic carbocycles. The van der Waals surface area contributed by atoms with Gasteiger partial charge in [-0.15, -0.1) is 0 Å². The molecule has 5 heteroatoms. The monoisotopic (exact) mass is 248 g/mol. The lowest BCUT2D eigenvalue weighted by Crippen LogP contribution is -2.24. The number of hydrogen-bond acceptors (Lipinski definition) is 3. The lowest BCUT2D eigenvalue weighted by Gasteiger charge is -2.04. The zero-order chi connectivity index (χ0) is 13.1. The maximum Gasteiger partial charge on any atom is 0.254 e. The van der Waals surface area contributed by atoms with E-state index >= 15 is 0 Å². The van der Waals surface area contributed by atoms with Gasteiger partial charge in [-0.2, -0.15) is 0 Å². The fraction of sp³-hybridized carbons (Fsp3) is 0.231. The number of benzene rings is 1. The van der Waals surface area contributed by atoms with E-state index in [-0.39, 0.29) is 12.1 Å². The van der Waals surface area contributed by atoms with E-state index in [4.69, 9.17) is 4.52 Å². The molecule has 0 aliphatic rings. The van der Waals surface area contributed by atoms with Crippen LogP contribution in [0.2, 0.25) is 0 Å². The van der Waals surface area contributed by atoms with Crippen LogP contribution in [0.15, 0.2) is 28.8 Å². The molecule has 4 nitrogen and oxygen atoms in total. The van der Waals surface area contributed by atoms with Crippen LogP contribution in [0.3, 0.4) is 0 Å². The summed E-state index contributed by atoms with van der Waals surface area (Å²) >= 11 is 0. The van der Waals surface area contributed by atoms with Crippen LogP contribution < -0.4 is 5.32 Å². The fourth-order valence-electron chi connectivity index (χ4n) is 1.57. The number of amides is 1. The Morgan fingerprint density at radius 3 is 2.78 bits per heavy atom. The van der Waals surface area contributed by atoms with Gasteiger partial charge in [-0.1, -0.05) is 11.2 Å². The Hall–Kier alpha value is -2.17. The zero-order valence-corrected chi connectivity index (χ0v) is 10.2. The van der Waals surface area contributed by atoms with Gasteiger partial charge in [0.2, 0.25) is 0 Å². The number of aromatic nitrogens is 1. The third-order valence-corrected chi connectivity index (χ3v) is 2.48. The number of carbonyl (C=O) groups excluding carboxylic acids is 1. The van der Waals surface area contributed by atoms with Gasteiger partial charge in [0.15, 0.2) is 0 Å². The Morgan fingerprint density at radius 1 is 1.39 bits per heavy atom. The predicted molar refractivity (Wildman–Crippen MR) is 63.5 cm³/mol. The topological polar surface area (TPSA) is 55.1 Å². The molecule has 1 heterocycles. The Kier molecular flexibility index (Phi) is 3.41. The SMILES string of the molecule is Cc1ccc(C(=O)NCc2cc(C)on2)c(F)c1. The largest absolute Gasteiger partial charge is 0.361 e. The highest BCUT2D eigenvalue weighted by Crippen LogP contribution is 2.10. The molecule has 0 unspecified atom stereocenters. The van der Waals surface area contributed by atoms with Crippen LogP contribution in [0, 0.1) is 19.7 Å². The summed E-state index contributed by atoms with van der Waals surface area (Å²) in [6, 6.07) is 6.20. The number of carbonyl (C=O) groups is 1. The summed E-state index contributed by atoms with van der Waals surface area (Å²) in [6.45, 7) is 3.74. The number of rotatable bonds is 3. The third-order valence-electron chi connectivity index (χ3n) is 2.48. The minimum atomic E-state index is -0.524. The average molecular weight is 248 g/mol. The smallest absolute Gasteiger partial charge is 0.254 e. The molecule has 0 atom stereocenters. The lowest BCUT2D eigenvalue weighted by atomic mass is 10.1. The number of nitrogens with one attached hydrogen (secondary N) is 1. The van der Waals surface area contributed by atoms with Gasteiger partial charge < -0.3 is 9.84 Å². The van der Waals surface area contributed by atoms with E-state index in [9.17, 15) is 9.18 Å². The molecular formula is C13H13FN2O2. The first-order chi connectivity index (χ1) is 8.56. The van der Waals surface area contributed by atoms with Crippen LogP contribution in [0.4, 0.5) is 4.39 Å². The maximum absolute atomic E-state index is 13.5. The van der Waals surface area contributed by atoms with E-state index < -0.39 is 11.7 Å². The van der Waals surface area contributed by atoms with Gasteiger partial charge in [0.25, 0.3) is 5.91 Å². The molecule has 0 fully saturated rings. The van der Waals surface area contributed by atoms with Crippen molar-refractivity contribution in [3.63, 3.8) is 0 Å². The first-order valence-electron chi connectivity index (χ1n) is 5.53. The Morgan fingerprint density at radius 2 is 2.17 bits per heavy atom. The van der Waals surface area contributed by atoms with Gasteiger partial charge in [0, 0.05) is 6.07 Å². The predicted octanol–water partition coefficient (Wildman–Crippen LogP) is 2.36. The summed E-state index contributed by atoms with van der Waals surface area (Å²) in [6.07, 6.45) is 0. The van der Waals surface area contributed by atoms with Gasteiger partial charge in [-0.3, -0.25) is 4.79 Å². The van der Waals surface area contributed by atoms with Gasteiger partial charge in [-0.25, -0.2) is 4.39 Å². The van der Waals surface area contributed by atoms with E-state index in [1.807, 2.05) is 0 Å². The number of nitrogens with zero attached hydrogens (tertiary/aromatic N) is 1. The van der Waals surface area contributed by atoms with Gasteiger partial charge in [-0.05, 0) is 31.5 Å². The van der Waals surface area contributed by atoms with Crippen molar-refractivity contribution in [2.24, 2.45) is 0 Å². The van der Waals surface area contributed by atoms with Crippen LogP contribution in [0.25, 0.3) is 0 Å². The molecule has 18 heavy (non-hydrogen) atoms. The van der Waals surface area contributed by atoms with E-state index in [2.05, 4.69) is 10.5 Å². The molecule has 0 bridgehead atoms. The summed E-state index contributed by atoms with van der Waals surface area (Å²) in [5.41, 5.74) is 1.41. The second kappa shape index (κ2) is 5.00. The maximum atomic E-state index is 13.5. The van der Waals surface area contributed by atoms with Crippen molar-refractivity contribution < 1.29 is 13.7 Å². The van der Waals surface area contributed by atoms with Gasteiger partial charge >= 0.3 is 0 Å². The molecule has 1 amide bonds. The van der Waals surface area contributed by atoms with Crippen molar-refractivity contribution >= 4 is 5.91 Å². The Labute approximate surface area is 104 Å².